The van der Waals surface area contributed by atoms with Crippen LogP contribution in [0.3, 0.4) is 0 Å². The van der Waals surface area contributed by atoms with Crippen molar-refractivity contribution in [1.82, 2.24) is 37.9 Å². The van der Waals surface area contributed by atoms with Crippen molar-refractivity contribution in [2.24, 2.45) is 0 Å². The Balaban J connectivity index is 0.00000292. The molecule has 0 N–H and O–H groups in total. The molecule has 0 fully saturated rings. The van der Waals surface area contributed by atoms with Gasteiger partial charge in [0.1, 0.15) is 0 Å². The van der Waals surface area contributed by atoms with Crippen molar-refractivity contribution in [3.8, 4) is 22.9 Å². The molecule has 0 saturated heterocycles. The molecule has 0 bridgehead atoms. The Bertz CT molecular complexity index is 2580. The smallest absolute Gasteiger partial charge is 0.509 e. The van der Waals surface area contributed by atoms with Gasteiger partial charge >= 0.3 is 21.1 Å². The van der Waals surface area contributed by atoms with E-state index in [0.717, 1.165) is 67.1 Å². The van der Waals surface area contributed by atoms with E-state index in [0.29, 0.717) is 11.5 Å². The molecule has 0 aliphatic rings. The van der Waals surface area contributed by atoms with Crippen molar-refractivity contribution in [2.75, 3.05) is 0 Å². The molecule has 0 aliphatic carbocycles. The second-order valence-electron chi connectivity index (χ2n) is 10.8. The number of hydrogen-bond donors (Lipinski definition) is 0. The number of pyridine rings is 2. The van der Waals surface area contributed by atoms with Crippen LogP contribution in [-0.2, 0) is 21.1 Å². The average molecular weight is 776 g/mol. The minimum Gasteiger partial charge on any atom is -0.509 e. The van der Waals surface area contributed by atoms with E-state index in [2.05, 4.69) is 52.2 Å². The molecule has 0 atom stereocenters. The molecule has 6 heterocycles. The Morgan fingerprint density at radius 2 is 0.957 bits per heavy atom. The first kappa shape index (κ1) is 26.6. The number of aromatic nitrogens is 8. The summed E-state index contributed by atoms with van der Waals surface area (Å²) in [4.78, 5) is 18.7. The van der Waals surface area contributed by atoms with Gasteiger partial charge in [0, 0.05) is 23.9 Å². The number of rotatable bonds is 4. The second-order valence-corrected chi connectivity index (χ2v) is 10.8. The molecular weight excluding hydrogens is 756 g/mol. The molecule has 10 heteroatoms. The SMILES string of the molecule is [Pt+2].[c-]1c(Oc2[c-]c(-n3c4cnccc4n4c5ccccc5nc34)ccc2)cccc1-n1c2cnccc2n2c3ccccc3nc12. The minimum atomic E-state index is 0. The topological polar surface area (TPSA) is 79.5 Å². The standard InChI is InChI=1S/C36H20N8O.Pt/c1-3-13-29-27(11-1)39-35-41(33-21-37-17-15-31(33)43(29)35)23-7-5-9-25(19-23)45-26-10-6-8-24(20-26)42-34-22-38-18-16-32(34)44-30-14-4-2-12-28(30)40-36(42)44;/h1-18,21-22H;/q-2;+2. The van der Waals surface area contributed by atoms with Crippen molar-refractivity contribution in [1.29, 1.82) is 0 Å². The molecule has 6 aromatic heterocycles. The molecule has 10 aromatic rings. The van der Waals surface area contributed by atoms with Gasteiger partial charge in [0.15, 0.2) is 0 Å². The van der Waals surface area contributed by atoms with E-state index in [1.807, 2.05) is 97.3 Å². The molecular formula is C36H20N8OPt. The molecule has 0 aliphatic heterocycles. The van der Waals surface area contributed by atoms with Crippen molar-refractivity contribution in [3.63, 3.8) is 0 Å². The average Bonchev–Trinajstić information content (AvgIpc) is 3.81. The summed E-state index contributed by atoms with van der Waals surface area (Å²) in [6.07, 6.45) is 7.31. The molecule has 0 saturated carbocycles. The Morgan fingerprint density at radius 3 is 1.46 bits per heavy atom. The quantitative estimate of drug-likeness (QED) is 0.175. The molecule has 4 aromatic carbocycles. The maximum Gasteiger partial charge on any atom is 2.00 e. The zero-order valence-corrected chi connectivity index (χ0v) is 26.1. The number of nitrogens with zero attached hydrogens (tertiary/aromatic N) is 8. The van der Waals surface area contributed by atoms with Crippen molar-refractivity contribution >= 4 is 55.7 Å². The van der Waals surface area contributed by atoms with Crippen LogP contribution in [-0.4, -0.2) is 37.9 Å². The summed E-state index contributed by atoms with van der Waals surface area (Å²) in [5.41, 5.74) is 9.38. The van der Waals surface area contributed by atoms with E-state index in [4.69, 9.17) is 14.7 Å². The van der Waals surface area contributed by atoms with Gasteiger partial charge in [-0.05, 0) is 36.4 Å². The fourth-order valence-electron chi connectivity index (χ4n) is 6.34. The summed E-state index contributed by atoms with van der Waals surface area (Å²) in [7, 11) is 0. The zero-order valence-electron chi connectivity index (χ0n) is 23.8. The molecule has 0 spiro atoms. The summed E-state index contributed by atoms with van der Waals surface area (Å²) in [5, 5.41) is 0. The summed E-state index contributed by atoms with van der Waals surface area (Å²) in [5.74, 6) is 2.67. The first-order valence-electron chi connectivity index (χ1n) is 14.5. The molecule has 0 unspecified atom stereocenters. The Morgan fingerprint density at radius 1 is 0.478 bits per heavy atom. The summed E-state index contributed by atoms with van der Waals surface area (Å²) in [6, 6.07) is 38.9. The van der Waals surface area contributed by atoms with Crippen LogP contribution in [0.15, 0.2) is 122 Å². The van der Waals surface area contributed by atoms with Crippen molar-refractivity contribution in [2.45, 2.75) is 0 Å². The van der Waals surface area contributed by atoms with Crippen LogP contribution in [0, 0.1) is 12.1 Å². The molecule has 9 nitrogen and oxygen atoms in total. The van der Waals surface area contributed by atoms with Crippen LogP contribution in [0.4, 0.5) is 0 Å². The van der Waals surface area contributed by atoms with Crippen LogP contribution in [0.2, 0.25) is 0 Å². The van der Waals surface area contributed by atoms with Gasteiger partial charge in [-0.15, -0.1) is 36.4 Å². The van der Waals surface area contributed by atoms with E-state index in [1.165, 1.54) is 0 Å². The molecule has 0 radical (unpaired) electrons. The normalized spacial score (nSPS) is 11.7. The van der Waals surface area contributed by atoms with Gasteiger partial charge in [-0.3, -0.25) is 18.8 Å². The third-order valence-corrected chi connectivity index (χ3v) is 8.21. The van der Waals surface area contributed by atoms with Crippen molar-refractivity contribution < 1.29 is 25.8 Å². The number of imidazole rings is 4. The number of fused-ring (bicyclic) bond motifs is 10. The fourth-order valence-corrected chi connectivity index (χ4v) is 6.34. The molecule has 0 amide bonds. The van der Waals surface area contributed by atoms with Gasteiger partial charge in [0.25, 0.3) is 0 Å². The van der Waals surface area contributed by atoms with Crippen LogP contribution in [0.5, 0.6) is 11.5 Å². The third-order valence-electron chi connectivity index (χ3n) is 8.21. The van der Waals surface area contributed by atoms with E-state index in [-0.39, 0.29) is 21.1 Å². The van der Waals surface area contributed by atoms with Crippen molar-refractivity contribution in [3.05, 3.63) is 134 Å². The summed E-state index contributed by atoms with van der Waals surface area (Å²) >= 11 is 0. The van der Waals surface area contributed by atoms with E-state index >= 15 is 0 Å². The maximum absolute atomic E-state index is 6.40. The second kappa shape index (κ2) is 10.1. The maximum atomic E-state index is 6.40. The van der Waals surface area contributed by atoms with Crippen LogP contribution in [0.25, 0.3) is 67.1 Å². The van der Waals surface area contributed by atoms with Gasteiger partial charge in [-0.25, -0.2) is 9.97 Å². The van der Waals surface area contributed by atoms with Gasteiger partial charge in [0.2, 0.25) is 11.6 Å². The number of para-hydroxylation sites is 4. The van der Waals surface area contributed by atoms with E-state index in [1.54, 1.807) is 12.4 Å². The summed E-state index contributed by atoms with van der Waals surface area (Å²) < 4.78 is 14.8. The number of benzene rings is 4. The van der Waals surface area contributed by atoms with Gasteiger partial charge in [-0.2, -0.15) is 12.1 Å². The van der Waals surface area contributed by atoms with Crippen LogP contribution >= 0.6 is 0 Å². The predicted octanol–water partition coefficient (Wildman–Crippen LogP) is 7.36. The first-order valence-corrected chi connectivity index (χ1v) is 14.5. The first-order chi connectivity index (χ1) is 22.3. The number of hydrogen-bond acceptors (Lipinski definition) is 5. The molecule has 10 rings (SSSR count). The predicted molar refractivity (Wildman–Crippen MR) is 172 cm³/mol. The van der Waals surface area contributed by atoms with E-state index in [9.17, 15) is 0 Å². The summed E-state index contributed by atoms with van der Waals surface area (Å²) in [6.45, 7) is 0. The monoisotopic (exact) mass is 775 g/mol. The van der Waals surface area contributed by atoms with Gasteiger partial charge < -0.3 is 13.9 Å². The minimum absolute atomic E-state index is 0. The Kier molecular flexibility index (Phi) is 5.85. The zero-order chi connectivity index (χ0) is 29.5. The molecule has 220 valence electrons. The Labute approximate surface area is 275 Å². The largest absolute Gasteiger partial charge is 2.00 e. The van der Waals surface area contributed by atoms with Gasteiger partial charge in [0.05, 0.1) is 56.5 Å². The van der Waals surface area contributed by atoms with Crippen LogP contribution in [0.1, 0.15) is 0 Å². The number of ether oxygens (including phenoxy) is 1. The van der Waals surface area contributed by atoms with E-state index < -0.39 is 0 Å². The molecule has 46 heavy (non-hydrogen) atoms. The third kappa shape index (κ3) is 3.79. The fraction of sp³-hybridized carbons (Fsp3) is 0. The Hall–Kier alpha value is -5.79. The van der Waals surface area contributed by atoms with Gasteiger partial charge in [-0.1, -0.05) is 35.6 Å². The van der Waals surface area contributed by atoms with Crippen LogP contribution < -0.4 is 4.74 Å².